The first-order valence-electron chi connectivity index (χ1n) is 10.5. The molecule has 6 atom stereocenters. The summed E-state index contributed by atoms with van der Waals surface area (Å²) in [5, 5.41) is 23.3. The van der Waals surface area contributed by atoms with Gasteiger partial charge in [-0.1, -0.05) is 6.92 Å². The minimum atomic E-state index is -1.09. The van der Waals surface area contributed by atoms with Crippen LogP contribution in [-0.2, 0) is 14.4 Å². The molecule has 4 aliphatic rings. The summed E-state index contributed by atoms with van der Waals surface area (Å²) >= 11 is 1.52. The van der Waals surface area contributed by atoms with E-state index in [0.29, 0.717) is 13.0 Å². The van der Waals surface area contributed by atoms with Crippen LogP contribution in [0.25, 0.3) is 0 Å². The number of β-lactam (4-membered cyclic amide) rings is 1. The van der Waals surface area contributed by atoms with Crippen molar-refractivity contribution < 1.29 is 24.6 Å². The second-order valence-electron chi connectivity index (χ2n) is 8.64. The summed E-state index contributed by atoms with van der Waals surface area (Å²) in [6, 6.07) is -0.173. The summed E-state index contributed by atoms with van der Waals surface area (Å²) in [6.45, 7) is 5.94. The first kappa shape index (κ1) is 20.7. The molecule has 4 aliphatic heterocycles. The number of carbonyl (C=O) groups excluding carboxylic acids is 2. The maximum absolute atomic E-state index is 12.4. The fourth-order valence-electron chi connectivity index (χ4n) is 5.19. The largest absolute Gasteiger partial charge is 0.477 e. The number of aliphatic hydroxyl groups excluding tert-OH is 1. The van der Waals surface area contributed by atoms with Gasteiger partial charge in [0.25, 0.3) is 0 Å². The van der Waals surface area contributed by atoms with Crippen LogP contribution in [0.2, 0.25) is 0 Å². The van der Waals surface area contributed by atoms with Gasteiger partial charge in [0.2, 0.25) is 11.8 Å². The van der Waals surface area contributed by atoms with Crippen molar-refractivity contribution in [2.24, 2.45) is 11.8 Å². The quantitative estimate of drug-likeness (QED) is 0.537. The van der Waals surface area contributed by atoms with Crippen molar-refractivity contribution in [1.29, 1.82) is 0 Å². The van der Waals surface area contributed by atoms with Crippen LogP contribution in [0.1, 0.15) is 39.5 Å². The van der Waals surface area contributed by atoms with Crippen molar-refractivity contribution in [1.82, 2.24) is 15.1 Å². The number of carboxylic acids is 1. The standard InChI is InChI=1S/C20H29N3O5S/c1-10-16-15(11(2)24)19(26)23(16)17(20(27)28)18(10)29-13-7-12(21-9-13)8-14(25)22-5-3-4-6-22/h10-13,15-16,21,24H,3-9H2,1-2H3,(H,27,28)/t10-,11-,12+,13+,15-,16-/m1/s1. The Bertz CT molecular complexity index is 748. The zero-order chi connectivity index (χ0) is 20.9. The van der Waals surface area contributed by atoms with E-state index in [0.717, 1.165) is 37.3 Å². The normalized spacial score (nSPS) is 35.1. The van der Waals surface area contributed by atoms with Crippen molar-refractivity contribution >= 4 is 29.5 Å². The van der Waals surface area contributed by atoms with Crippen molar-refractivity contribution in [2.75, 3.05) is 19.6 Å². The average Bonchev–Trinajstić information content (AvgIpc) is 3.36. The van der Waals surface area contributed by atoms with Gasteiger partial charge < -0.3 is 25.3 Å². The van der Waals surface area contributed by atoms with E-state index in [-0.39, 0.29) is 40.8 Å². The summed E-state index contributed by atoms with van der Waals surface area (Å²) in [7, 11) is 0. The monoisotopic (exact) mass is 423 g/mol. The maximum Gasteiger partial charge on any atom is 0.353 e. The molecule has 0 aromatic heterocycles. The van der Waals surface area contributed by atoms with E-state index in [1.807, 2.05) is 11.8 Å². The molecule has 0 saturated carbocycles. The Morgan fingerprint density at radius 2 is 2.00 bits per heavy atom. The molecule has 0 bridgehead atoms. The zero-order valence-electron chi connectivity index (χ0n) is 16.8. The summed E-state index contributed by atoms with van der Waals surface area (Å²) in [5.74, 6) is -1.85. The number of amides is 2. The number of thioether (sulfide) groups is 1. The van der Waals surface area contributed by atoms with Gasteiger partial charge in [-0.15, -0.1) is 11.8 Å². The third-order valence-electron chi connectivity index (χ3n) is 6.67. The lowest BCUT2D eigenvalue weighted by Crippen LogP contribution is -2.63. The van der Waals surface area contributed by atoms with Crippen LogP contribution in [0.15, 0.2) is 10.6 Å². The van der Waals surface area contributed by atoms with Gasteiger partial charge in [-0.25, -0.2) is 4.79 Å². The highest BCUT2D eigenvalue weighted by atomic mass is 32.2. The molecule has 0 radical (unpaired) electrons. The molecule has 0 aliphatic carbocycles. The van der Waals surface area contributed by atoms with Gasteiger partial charge in [0, 0.05) is 48.2 Å². The topological polar surface area (TPSA) is 110 Å². The fraction of sp³-hybridized carbons (Fsp3) is 0.750. The van der Waals surface area contributed by atoms with Gasteiger partial charge in [-0.05, 0) is 26.2 Å². The zero-order valence-corrected chi connectivity index (χ0v) is 17.7. The first-order valence-corrected chi connectivity index (χ1v) is 11.3. The molecule has 9 heteroatoms. The molecule has 29 heavy (non-hydrogen) atoms. The van der Waals surface area contributed by atoms with E-state index in [4.69, 9.17) is 0 Å². The molecule has 8 nitrogen and oxygen atoms in total. The Labute approximate surface area is 174 Å². The Morgan fingerprint density at radius 1 is 1.31 bits per heavy atom. The molecule has 0 aromatic carbocycles. The SMILES string of the molecule is C[C@@H](O)[C@H]1C(=O)N2C(C(=O)O)=C(S[C@@H]3CN[C@H](CC(=O)N4CCCC4)C3)[C@H](C)[C@H]12. The number of nitrogens with zero attached hydrogens (tertiary/aromatic N) is 2. The lowest BCUT2D eigenvalue weighted by atomic mass is 9.79. The van der Waals surface area contributed by atoms with Gasteiger partial charge >= 0.3 is 5.97 Å². The van der Waals surface area contributed by atoms with Crippen LogP contribution in [0.3, 0.4) is 0 Å². The predicted molar refractivity (Wildman–Crippen MR) is 108 cm³/mol. The third kappa shape index (κ3) is 3.57. The van der Waals surface area contributed by atoms with E-state index in [1.165, 1.54) is 16.7 Å². The van der Waals surface area contributed by atoms with E-state index in [2.05, 4.69) is 5.32 Å². The van der Waals surface area contributed by atoms with Crippen LogP contribution in [-0.4, -0.2) is 80.9 Å². The van der Waals surface area contributed by atoms with Crippen LogP contribution >= 0.6 is 11.8 Å². The molecule has 0 unspecified atom stereocenters. The van der Waals surface area contributed by atoms with Crippen molar-refractivity contribution in [3.63, 3.8) is 0 Å². The van der Waals surface area contributed by atoms with Crippen molar-refractivity contribution in [3.8, 4) is 0 Å². The Kier molecular flexibility index (Phi) is 5.65. The van der Waals surface area contributed by atoms with Crippen LogP contribution in [0.4, 0.5) is 0 Å². The van der Waals surface area contributed by atoms with Crippen LogP contribution < -0.4 is 5.32 Å². The number of carbonyl (C=O) groups is 3. The molecule has 4 heterocycles. The molecule has 3 fully saturated rings. The Hall–Kier alpha value is -1.58. The number of nitrogens with one attached hydrogen (secondary N) is 1. The molecule has 2 amide bonds. The highest BCUT2D eigenvalue weighted by Crippen LogP contribution is 2.51. The highest BCUT2D eigenvalue weighted by Gasteiger charge is 2.60. The first-order chi connectivity index (χ1) is 13.8. The predicted octanol–water partition coefficient (Wildman–Crippen LogP) is 0.616. The average molecular weight is 424 g/mol. The van der Waals surface area contributed by atoms with Gasteiger partial charge in [0.05, 0.1) is 18.1 Å². The number of likely N-dealkylation sites (tertiary alicyclic amines) is 1. The molecule has 0 spiro atoms. The fourth-order valence-corrected chi connectivity index (χ4v) is 6.71. The van der Waals surface area contributed by atoms with E-state index in [1.54, 1.807) is 6.92 Å². The minimum absolute atomic E-state index is 0.0750. The lowest BCUT2D eigenvalue weighted by Gasteiger charge is -2.46. The van der Waals surface area contributed by atoms with E-state index in [9.17, 15) is 24.6 Å². The van der Waals surface area contributed by atoms with E-state index < -0.39 is 18.0 Å². The van der Waals surface area contributed by atoms with Gasteiger partial charge in [0.15, 0.2) is 0 Å². The molecule has 3 saturated heterocycles. The highest BCUT2D eigenvalue weighted by molar-refractivity contribution is 8.03. The smallest absolute Gasteiger partial charge is 0.353 e. The van der Waals surface area contributed by atoms with Gasteiger partial charge in [0.1, 0.15) is 5.70 Å². The van der Waals surface area contributed by atoms with Crippen LogP contribution in [0, 0.1) is 11.8 Å². The molecular formula is C20H29N3O5S. The maximum atomic E-state index is 12.4. The molecule has 0 aromatic rings. The van der Waals surface area contributed by atoms with Crippen molar-refractivity contribution in [2.45, 2.75) is 63.0 Å². The van der Waals surface area contributed by atoms with Gasteiger partial charge in [-0.3, -0.25) is 9.59 Å². The lowest BCUT2D eigenvalue weighted by molar-refractivity contribution is -0.163. The molecule has 3 N–H and O–H groups in total. The summed E-state index contributed by atoms with van der Waals surface area (Å²) in [5.41, 5.74) is 0.0750. The third-order valence-corrected chi connectivity index (χ3v) is 8.18. The van der Waals surface area contributed by atoms with Crippen LogP contribution in [0.5, 0.6) is 0 Å². The minimum Gasteiger partial charge on any atom is -0.477 e. The second-order valence-corrected chi connectivity index (χ2v) is 9.99. The number of hydrogen-bond acceptors (Lipinski definition) is 6. The second kappa shape index (κ2) is 7.92. The Morgan fingerprint density at radius 3 is 2.62 bits per heavy atom. The summed E-state index contributed by atoms with van der Waals surface area (Å²) in [6.07, 6.45) is 2.65. The number of fused-ring (bicyclic) bond motifs is 1. The van der Waals surface area contributed by atoms with Gasteiger partial charge in [-0.2, -0.15) is 0 Å². The molecule has 4 rings (SSSR count). The molecule has 160 valence electrons. The van der Waals surface area contributed by atoms with E-state index >= 15 is 0 Å². The number of carboxylic acid groups (broad SMARTS) is 1. The Balaban J connectivity index is 1.41. The number of hydrogen-bond donors (Lipinski definition) is 3. The number of rotatable bonds is 6. The van der Waals surface area contributed by atoms with Crippen molar-refractivity contribution in [3.05, 3.63) is 10.6 Å². The number of aliphatic hydroxyl groups is 1. The summed E-state index contributed by atoms with van der Waals surface area (Å²) in [4.78, 5) is 40.8. The number of aliphatic carboxylic acids is 1. The summed E-state index contributed by atoms with van der Waals surface area (Å²) < 4.78 is 0. The molecular weight excluding hydrogens is 394 g/mol.